The summed E-state index contributed by atoms with van der Waals surface area (Å²) in [6.07, 6.45) is 1.94. The van der Waals surface area contributed by atoms with Crippen molar-refractivity contribution >= 4 is 5.91 Å². The molecule has 0 aliphatic carbocycles. The average Bonchev–Trinajstić information content (AvgIpc) is 3.10. The number of aromatic nitrogens is 2. The first-order chi connectivity index (χ1) is 10.3. The van der Waals surface area contributed by atoms with Crippen molar-refractivity contribution in [3.8, 4) is 0 Å². The molecular weight excluding hydrogens is 282 g/mol. The Morgan fingerprint density at radius 2 is 2.27 bits per heavy atom. The number of hydrogen-bond donors (Lipinski definition) is 2. The van der Waals surface area contributed by atoms with Gasteiger partial charge < -0.3 is 14.7 Å². The third-order valence-corrected chi connectivity index (χ3v) is 4.83. The highest BCUT2D eigenvalue weighted by Crippen LogP contribution is 2.36. The molecule has 0 bridgehead atoms. The lowest BCUT2D eigenvalue weighted by atomic mass is 9.86. The van der Waals surface area contributed by atoms with Gasteiger partial charge in [-0.15, -0.1) is 0 Å². The number of ether oxygens (including phenoxy) is 1. The van der Waals surface area contributed by atoms with E-state index < -0.39 is 11.7 Å². The van der Waals surface area contributed by atoms with Crippen LogP contribution in [0.4, 0.5) is 0 Å². The van der Waals surface area contributed by atoms with E-state index in [0.717, 1.165) is 18.5 Å². The number of aromatic amines is 1. The first-order valence-electron chi connectivity index (χ1n) is 7.99. The van der Waals surface area contributed by atoms with Gasteiger partial charge in [0, 0.05) is 30.8 Å². The molecule has 122 valence electrons. The van der Waals surface area contributed by atoms with E-state index in [1.807, 2.05) is 6.07 Å². The van der Waals surface area contributed by atoms with Gasteiger partial charge in [-0.05, 0) is 25.3 Å². The van der Waals surface area contributed by atoms with E-state index >= 15 is 0 Å². The minimum absolute atomic E-state index is 0.0747. The van der Waals surface area contributed by atoms with Gasteiger partial charge in [0.2, 0.25) is 0 Å². The molecule has 1 aromatic rings. The van der Waals surface area contributed by atoms with Crippen LogP contribution in [-0.2, 0) is 10.2 Å². The second-order valence-corrected chi connectivity index (χ2v) is 7.45. The fourth-order valence-electron chi connectivity index (χ4n) is 3.30. The van der Waals surface area contributed by atoms with Crippen LogP contribution in [0, 0.1) is 0 Å². The summed E-state index contributed by atoms with van der Waals surface area (Å²) in [4.78, 5) is 14.3. The van der Waals surface area contributed by atoms with Crippen LogP contribution in [0.15, 0.2) is 6.07 Å². The van der Waals surface area contributed by atoms with Crippen LogP contribution < -0.4 is 0 Å². The zero-order valence-corrected chi connectivity index (χ0v) is 13.6. The monoisotopic (exact) mass is 307 g/mol. The molecule has 3 rings (SSSR count). The van der Waals surface area contributed by atoms with Crippen molar-refractivity contribution in [2.45, 2.75) is 57.2 Å². The molecule has 3 heterocycles. The van der Waals surface area contributed by atoms with Crippen LogP contribution in [0.25, 0.3) is 0 Å². The van der Waals surface area contributed by atoms with Gasteiger partial charge in [0.1, 0.15) is 11.8 Å². The molecule has 1 amide bonds. The maximum atomic E-state index is 12.6. The second kappa shape index (κ2) is 5.35. The van der Waals surface area contributed by atoms with Crippen LogP contribution in [0.1, 0.15) is 56.2 Å². The molecular formula is C16H25N3O3. The smallest absolute Gasteiger partial charge is 0.274 e. The minimum atomic E-state index is -0.617. The van der Waals surface area contributed by atoms with E-state index in [9.17, 15) is 9.90 Å². The van der Waals surface area contributed by atoms with Gasteiger partial charge in [-0.3, -0.25) is 9.89 Å². The summed E-state index contributed by atoms with van der Waals surface area (Å²) >= 11 is 0. The van der Waals surface area contributed by atoms with E-state index in [-0.39, 0.29) is 11.3 Å². The number of H-pyrrole nitrogens is 1. The molecule has 2 fully saturated rings. The highest BCUT2D eigenvalue weighted by molar-refractivity contribution is 5.92. The molecule has 2 aliphatic heterocycles. The lowest BCUT2D eigenvalue weighted by molar-refractivity contribution is -0.123. The van der Waals surface area contributed by atoms with Crippen LogP contribution in [-0.4, -0.2) is 57.5 Å². The number of rotatable bonds is 1. The molecule has 6 heteroatoms. The van der Waals surface area contributed by atoms with Crippen molar-refractivity contribution in [3.63, 3.8) is 0 Å². The molecule has 22 heavy (non-hydrogen) atoms. The quantitative estimate of drug-likeness (QED) is 0.823. The zero-order valence-electron chi connectivity index (χ0n) is 13.6. The summed E-state index contributed by atoms with van der Waals surface area (Å²) in [6, 6.07) is 1.81. The van der Waals surface area contributed by atoms with Gasteiger partial charge in [-0.2, -0.15) is 5.10 Å². The maximum absolute atomic E-state index is 12.6. The van der Waals surface area contributed by atoms with Gasteiger partial charge in [-0.25, -0.2) is 0 Å². The summed E-state index contributed by atoms with van der Waals surface area (Å²) < 4.78 is 5.77. The molecule has 6 nitrogen and oxygen atoms in total. The Hall–Kier alpha value is -1.40. The number of hydrogen-bond acceptors (Lipinski definition) is 4. The van der Waals surface area contributed by atoms with Gasteiger partial charge in [0.25, 0.3) is 5.91 Å². The molecule has 0 radical (unpaired) electrons. The molecule has 1 spiro atoms. The summed E-state index contributed by atoms with van der Waals surface area (Å²) in [5, 5.41) is 17.5. The Kier molecular flexibility index (Phi) is 3.77. The van der Waals surface area contributed by atoms with E-state index in [1.54, 1.807) is 4.90 Å². The third-order valence-electron chi connectivity index (χ3n) is 4.83. The number of likely N-dealkylation sites (tertiary alicyclic amines) is 1. The molecule has 2 atom stereocenters. The molecule has 0 saturated carbocycles. The molecule has 0 unspecified atom stereocenters. The first-order valence-corrected chi connectivity index (χ1v) is 7.99. The highest BCUT2D eigenvalue weighted by atomic mass is 16.5. The standard InChI is InChI=1S/C16H25N3O3/c1-15(2,3)12-9-11(17-18-12)14(21)19-7-6-16(13(20)10-19)5-4-8-22-16/h9,13,20H,4-8,10H2,1-3H3,(H,17,18)/t13-,16-/m0/s1. The second-order valence-electron chi connectivity index (χ2n) is 7.45. The van der Waals surface area contributed by atoms with Crippen molar-refractivity contribution in [1.29, 1.82) is 0 Å². The van der Waals surface area contributed by atoms with E-state index in [2.05, 4.69) is 31.0 Å². The van der Waals surface area contributed by atoms with E-state index in [1.165, 1.54) is 0 Å². The van der Waals surface area contributed by atoms with Gasteiger partial charge in [0.15, 0.2) is 0 Å². The van der Waals surface area contributed by atoms with E-state index in [4.69, 9.17) is 4.74 Å². The molecule has 2 aliphatic rings. The van der Waals surface area contributed by atoms with Crippen LogP contribution >= 0.6 is 0 Å². The summed E-state index contributed by atoms with van der Waals surface area (Å²) in [5.74, 6) is -0.126. The largest absolute Gasteiger partial charge is 0.388 e. The Labute approximate surface area is 130 Å². The minimum Gasteiger partial charge on any atom is -0.388 e. The van der Waals surface area contributed by atoms with Crippen molar-refractivity contribution in [1.82, 2.24) is 15.1 Å². The Morgan fingerprint density at radius 1 is 1.50 bits per heavy atom. The highest BCUT2D eigenvalue weighted by Gasteiger charge is 2.46. The number of nitrogens with one attached hydrogen (secondary N) is 1. The van der Waals surface area contributed by atoms with Gasteiger partial charge in [0.05, 0.1) is 5.60 Å². The Morgan fingerprint density at radius 3 is 2.82 bits per heavy atom. The maximum Gasteiger partial charge on any atom is 0.274 e. The van der Waals surface area contributed by atoms with Crippen LogP contribution in [0.5, 0.6) is 0 Å². The third kappa shape index (κ3) is 2.65. The number of piperidine rings is 1. The summed E-state index contributed by atoms with van der Waals surface area (Å²) in [5.41, 5.74) is 0.845. The zero-order chi connectivity index (χ0) is 16.0. The predicted molar refractivity (Wildman–Crippen MR) is 81.7 cm³/mol. The number of β-amino-alcohol motifs (C(OH)–C–C–N with tert-alkyl or cyclic N) is 1. The Bertz CT molecular complexity index is 555. The van der Waals surface area contributed by atoms with E-state index in [0.29, 0.717) is 31.8 Å². The van der Waals surface area contributed by atoms with Gasteiger partial charge >= 0.3 is 0 Å². The predicted octanol–water partition coefficient (Wildman–Crippen LogP) is 1.46. The normalized spacial score (nSPS) is 29.3. The molecule has 2 saturated heterocycles. The van der Waals surface area contributed by atoms with Crippen molar-refractivity contribution in [2.24, 2.45) is 0 Å². The number of nitrogens with zero attached hydrogens (tertiary/aromatic N) is 2. The number of aliphatic hydroxyl groups excluding tert-OH is 1. The fraction of sp³-hybridized carbons (Fsp3) is 0.750. The average molecular weight is 307 g/mol. The topological polar surface area (TPSA) is 78.5 Å². The lowest BCUT2D eigenvalue weighted by Gasteiger charge is -2.42. The molecule has 2 N–H and O–H groups in total. The summed E-state index contributed by atoms with van der Waals surface area (Å²) in [7, 11) is 0. The number of carbonyl (C=O) groups is 1. The van der Waals surface area contributed by atoms with Gasteiger partial charge in [-0.1, -0.05) is 20.8 Å². The molecule has 0 aromatic carbocycles. The number of aliphatic hydroxyl groups is 1. The van der Waals surface area contributed by atoms with Crippen LogP contribution in [0.3, 0.4) is 0 Å². The van der Waals surface area contributed by atoms with Crippen LogP contribution in [0.2, 0.25) is 0 Å². The van der Waals surface area contributed by atoms with Crippen molar-refractivity contribution in [2.75, 3.05) is 19.7 Å². The van der Waals surface area contributed by atoms with Crippen molar-refractivity contribution in [3.05, 3.63) is 17.5 Å². The lowest BCUT2D eigenvalue weighted by Crippen LogP contribution is -2.56. The number of carbonyl (C=O) groups excluding carboxylic acids is 1. The summed E-state index contributed by atoms with van der Waals surface area (Å²) in [6.45, 7) is 7.84. The Balaban J connectivity index is 1.70. The first kappa shape index (κ1) is 15.5. The fourth-order valence-corrected chi connectivity index (χ4v) is 3.30. The van der Waals surface area contributed by atoms with Crippen molar-refractivity contribution < 1.29 is 14.6 Å². The number of amides is 1. The SMILES string of the molecule is CC(C)(C)c1cc(C(=O)N2CC[C@@]3(CCCO3)[C@@H](O)C2)n[nH]1. The molecule has 1 aromatic heterocycles.